The lowest BCUT2D eigenvalue weighted by molar-refractivity contribution is 0.0287. The average molecular weight is 251 g/mol. The Kier molecular flexibility index (Phi) is 4.49. The van der Waals surface area contributed by atoms with Gasteiger partial charge in [0.2, 0.25) is 5.88 Å². The molecule has 18 heavy (non-hydrogen) atoms. The number of ether oxygens (including phenoxy) is 2. The van der Waals surface area contributed by atoms with Gasteiger partial charge in [-0.25, -0.2) is 4.98 Å². The quantitative estimate of drug-likeness (QED) is 0.776. The maximum atomic E-state index is 12.0. The Hall–Kier alpha value is -1.66. The summed E-state index contributed by atoms with van der Waals surface area (Å²) in [7, 11) is 1.49. The Balaban J connectivity index is 1.90. The van der Waals surface area contributed by atoms with Crippen LogP contribution in [0.25, 0.3) is 0 Å². The molecule has 98 valence electrons. The minimum Gasteiger partial charge on any atom is -0.480 e. The second kappa shape index (κ2) is 6.32. The van der Waals surface area contributed by atoms with Crippen molar-refractivity contribution >= 4 is 5.91 Å². The highest BCUT2D eigenvalue weighted by molar-refractivity contribution is 5.96. The van der Waals surface area contributed by atoms with Crippen molar-refractivity contribution in [2.75, 3.05) is 33.4 Å². The minimum atomic E-state index is -0.200. The van der Waals surface area contributed by atoms with E-state index in [1.54, 1.807) is 18.3 Å². The molecular weight excluding hydrogens is 234 g/mol. The van der Waals surface area contributed by atoms with E-state index in [0.29, 0.717) is 24.6 Å². The molecule has 2 rings (SSSR count). The van der Waals surface area contributed by atoms with Crippen LogP contribution in [0.1, 0.15) is 10.4 Å². The molecule has 1 aliphatic rings. The average Bonchev–Trinajstić information content (AvgIpc) is 2.45. The number of methoxy groups -OCH3 is 1. The van der Waals surface area contributed by atoms with Crippen molar-refractivity contribution in [2.45, 2.75) is 6.10 Å². The number of hydrogen-bond acceptors (Lipinski definition) is 5. The number of morpholine rings is 1. The molecule has 1 aromatic heterocycles. The van der Waals surface area contributed by atoms with Crippen LogP contribution in [0.5, 0.6) is 5.88 Å². The fraction of sp³-hybridized carbons (Fsp3) is 0.500. The summed E-state index contributed by atoms with van der Waals surface area (Å²) in [6.07, 6.45) is 1.61. The molecule has 0 aromatic carbocycles. The van der Waals surface area contributed by atoms with Crippen LogP contribution in [0.4, 0.5) is 0 Å². The fourth-order valence-electron chi connectivity index (χ4n) is 1.78. The number of pyridine rings is 1. The van der Waals surface area contributed by atoms with Gasteiger partial charge in [-0.15, -0.1) is 0 Å². The first-order valence-electron chi connectivity index (χ1n) is 5.91. The second-order valence-corrected chi connectivity index (χ2v) is 3.97. The third kappa shape index (κ3) is 3.18. The summed E-state index contributed by atoms with van der Waals surface area (Å²) in [6, 6.07) is 3.39. The molecule has 0 aliphatic carbocycles. The molecule has 1 fully saturated rings. The number of nitrogens with one attached hydrogen (secondary N) is 2. The van der Waals surface area contributed by atoms with E-state index >= 15 is 0 Å². The van der Waals surface area contributed by atoms with Crippen LogP contribution < -0.4 is 15.4 Å². The third-order valence-corrected chi connectivity index (χ3v) is 2.70. The van der Waals surface area contributed by atoms with Crippen LogP contribution in [0, 0.1) is 0 Å². The lowest BCUT2D eigenvalue weighted by Gasteiger charge is -2.23. The molecule has 6 nitrogen and oxygen atoms in total. The lowest BCUT2D eigenvalue weighted by Crippen LogP contribution is -2.45. The molecule has 1 unspecified atom stereocenters. The first-order chi connectivity index (χ1) is 8.81. The molecule has 0 saturated carbocycles. The predicted molar refractivity (Wildman–Crippen MR) is 65.7 cm³/mol. The van der Waals surface area contributed by atoms with Crippen LogP contribution in [0.2, 0.25) is 0 Å². The van der Waals surface area contributed by atoms with Gasteiger partial charge in [-0.05, 0) is 12.1 Å². The first-order valence-corrected chi connectivity index (χ1v) is 5.91. The van der Waals surface area contributed by atoms with Crippen LogP contribution in [0.15, 0.2) is 18.3 Å². The molecule has 6 heteroatoms. The number of aromatic nitrogens is 1. The standard InChI is InChI=1S/C12H17N3O3/c1-17-12-10(3-2-4-14-12)11(16)15-8-9-7-13-5-6-18-9/h2-4,9,13H,5-8H2,1H3,(H,15,16). The highest BCUT2D eigenvalue weighted by Gasteiger charge is 2.17. The summed E-state index contributed by atoms with van der Waals surface area (Å²) in [5.41, 5.74) is 0.434. The molecule has 0 spiro atoms. The monoisotopic (exact) mass is 251 g/mol. The van der Waals surface area contributed by atoms with Gasteiger partial charge < -0.3 is 20.1 Å². The first kappa shape index (κ1) is 12.8. The normalized spacial score (nSPS) is 19.3. The van der Waals surface area contributed by atoms with Crippen molar-refractivity contribution in [3.63, 3.8) is 0 Å². The van der Waals surface area contributed by atoms with Gasteiger partial charge >= 0.3 is 0 Å². The van der Waals surface area contributed by atoms with Crippen LogP contribution in [0.3, 0.4) is 0 Å². The zero-order valence-electron chi connectivity index (χ0n) is 10.3. The summed E-state index contributed by atoms with van der Waals surface area (Å²) in [5, 5.41) is 6.03. The zero-order chi connectivity index (χ0) is 12.8. The number of nitrogens with zero attached hydrogens (tertiary/aromatic N) is 1. The smallest absolute Gasteiger partial charge is 0.256 e. The Morgan fingerprint density at radius 2 is 2.61 bits per heavy atom. The van der Waals surface area contributed by atoms with Gasteiger partial charge in [0.1, 0.15) is 5.56 Å². The largest absolute Gasteiger partial charge is 0.480 e. The molecule has 0 bridgehead atoms. The molecular formula is C12H17N3O3. The van der Waals surface area contributed by atoms with Gasteiger partial charge in [-0.1, -0.05) is 0 Å². The predicted octanol–water partition coefficient (Wildman–Crippen LogP) is -0.192. The van der Waals surface area contributed by atoms with Crippen molar-refractivity contribution in [3.8, 4) is 5.88 Å². The van der Waals surface area contributed by atoms with Crippen molar-refractivity contribution in [3.05, 3.63) is 23.9 Å². The van der Waals surface area contributed by atoms with Gasteiger partial charge in [0.15, 0.2) is 0 Å². The molecule has 1 aliphatic heterocycles. The van der Waals surface area contributed by atoms with Gasteiger partial charge in [-0.3, -0.25) is 4.79 Å². The highest BCUT2D eigenvalue weighted by Crippen LogP contribution is 2.12. The van der Waals surface area contributed by atoms with Crippen LogP contribution in [-0.2, 0) is 4.74 Å². The van der Waals surface area contributed by atoms with Gasteiger partial charge in [-0.2, -0.15) is 0 Å². The van der Waals surface area contributed by atoms with E-state index in [1.807, 2.05) is 0 Å². The van der Waals surface area contributed by atoms with E-state index in [9.17, 15) is 4.79 Å². The highest BCUT2D eigenvalue weighted by atomic mass is 16.5. The van der Waals surface area contributed by atoms with Crippen molar-refractivity contribution in [1.82, 2.24) is 15.6 Å². The molecule has 0 radical (unpaired) electrons. The van der Waals surface area contributed by atoms with Crippen molar-refractivity contribution in [2.24, 2.45) is 0 Å². The molecule has 1 saturated heterocycles. The zero-order valence-corrected chi connectivity index (χ0v) is 10.3. The van der Waals surface area contributed by atoms with Gasteiger partial charge in [0, 0.05) is 25.8 Å². The topological polar surface area (TPSA) is 72.5 Å². The van der Waals surface area contributed by atoms with Crippen molar-refractivity contribution < 1.29 is 14.3 Å². The Morgan fingerprint density at radius 1 is 1.72 bits per heavy atom. The molecule has 2 N–H and O–H groups in total. The van der Waals surface area contributed by atoms with Crippen molar-refractivity contribution in [1.29, 1.82) is 0 Å². The van der Waals surface area contributed by atoms with Gasteiger partial charge in [0.05, 0.1) is 19.8 Å². The number of carbonyl (C=O) groups excluding carboxylic acids is 1. The summed E-state index contributed by atoms with van der Waals surface area (Å²) >= 11 is 0. The fourth-order valence-corrected chi connectivity index (χ4v) is 1.78. The van der Waals surface area contributed by atoms with E-state index in [-0.39, 0.29) is 12.0 Å². The summed E-state index contributed by atoms with van der Waals surface area (Å²) < 4.78 is 10.5. The SMILES string of the molecule is COc1ncccc1C(=O)NCC1CNCCO1. The Labute approximate surface area is 106 Å². The summed E-state index contributed by atoms with van der Waals surface area (Å²) in [6.45, 7) is 2.77. The van der Waals surface area contributed by atoms with E-state index in [1.165, 1.54) is 7.11 Å². The van der Waals surface area contributed by atoms with E-state index < -0.39 is 0 Å². The summed E-state index contributed by atoms with van der Waals surface area (Å²) in [5.74, 6) is 0.131. The maximum Gasteiger partial charge on any atom is 0.256 e. The molecule has 1 atom stereocenters. The van der Waals surface area contributed by atoms with E-state index in [4.69, 9.17) is 9.47 Å². The molecule has 2 heterocycles. The molecule has 1 amide bonds. The lowest BCUT2D eigenvalue weighted by atomic mass is 10.2. The number of rotatable bonds is 4. The third-order valence-electron chi connectivity index (χ3n) is 2.70. The minimum absolute atomic E-state index is 0.0189. The van der Waals surface area contributed by atoms with Gasteiger partial charge in [0.25, 0.3) is 5.91 Å². The number of hydrogen-bond donors (Lipinski definition) is 2. The second-order valence-electron chi connectivity index (χ2n) is 3.97. The van der Waals surface area contributed by atoms with Crippen LogP contribution >= 0.6 is 0 Å². The van der Waals surface area contributed by atoms with E-state index in [0.717, 1.165) is 13.1 Å². The maximum absolute atomic E-state index is 12.0. The Morgan fingerprint density at radius 3 is 3.33 bits per heavy atom. The number of carbonyl (C=O) groups is 1. The van der Waals surface area contributed by atoms with Crippen LogP contribution in [-0.4, -0.2) is 50.3 Å². The summed E-state index contributed by atoms with van der Waals surface area (Å²) in [4.78, 5) is 15.9. The van der Waals surface area contributed by atoms with E-state index in [2.05, 4.69) is 15.6 Å². The Bertz CT molecular complexity index is 405. The number of amides is 1. The molecule has 1 aromatic rings.